The minimum absolute atomic E-state index is 0.193. The number of halogens is 2. The summed E-state index contributed by atoms with van der Waals surface area (Å²) in [7, 11) is -2.45. The van der Waals surface area contributed by atoms with Crippen LogP contribution in [-0.2, 0) is 32.2 Å². The third kappa shape index (κ3) is 6.98. The molecule has 2 fully saturated rings. The number of alkyl halides is 2. The van der Waals surface area contributed by atoms with Crippen LogP contribution in [0.4, 0.5) is 19.3 Å². The van der Waals surface area contributed by atoms with Crippen molar-refractivity contribution in [3.05, 3.63) is 24.0 Å². The van der Waals surface area contributed by atoms with Gasteiger partial charge in [-0.15, -0.1) is 0 Å². The first kappa shape index (κ1) is 29.5. The normalized spacial score (nSPS) is 18.8. The van der Waals surface area contributed by atoms with Gasteiger partial charge in [0.2, 0.25) is 0 Å². The Morgan fingerprint density at radius 3 is 2.38 bits per heavy atom. The number of nitrogens with zero attached hydrogens (tertiary/aromatic N) is 4. The maximum absolute atomic E-state index is 14.5. The average Bonchev–Trinajstić information content (AvgIpc) is 3.21. The molecule has 1 aromatic heterocycles. The number of alkyl carbamates (subject to hydrolysis) is 1. The number of fused-ring (bicyclic) bond motifs is 1. The summed E-state index contributed by atoms with van der Waals surface area (Å²) in [5.41, 5.74) is 0.574. The first-order valence-corrected chi connectivity index (χ1v) is 14.7. The highest BCUT2D eigenvalue weighted by Crippen LogP contribution is 2.34. The summed E-state index contributed by atoms with van der Waals surface area (Å²) >= 11 is 0. The van der Waals surface area contributed by atoms with Crippen LogP contribution >= 0.6 is 0 Å². The summed E-state index contributed by atoms with van der Waals surface area (Å²) in [6, 6.07) is 4.63. The van der Waals surface area contributed by atoms with Crippen molar-refractivity contribution in [1.29, 1.82) is 0 Å². The largest absolute Gasteiger partial charge is 0.444 e. The van der Waals surface area contributed by atoms with Crippen molar-refractivity contribution in [2.24, 2.45) is 5.92 Å². The number of nitrogens with one attached hydrogen (secondary N) is 1. The molecule has 0 spiro atoms. The molecular weight excluding hydrogens is 532 g/mol. The highest BCUT2D eigenvalue weighted by atomic mass is 32.2. The lowest BCUT2D eigenvalue weighted by molar-refractivity contribution is 0.00220. The Kier molecular flexibility index (Phi) is 8.44. The summed E-state index contributed by atoms with van der Waals surface area (Å²) in [5.74, 6) is -3.28. The highest BCUT2D eigenvalue weighted by Gasteiger charge is 2.35. The smallest absolute Gasteiger partial charge is 0.407 e. The summed E-state index contributed by atoms with van der Waals surface area (Å²) in [5, 5.41) is 2.80. The number of anilines is 1. The number of carbonyl (C=O) groups is 1. The molecule has 1 amide bonds. The van der Waals surface area contributed by atoms with E-state index in [1.807, 2.05) is 0 Å². The molecule has 0 unspecified atom stereocenters. The first-order chi connectivity index (χ1) is 18.1. The number of aromatic nitrogens is 2. The molecule has 0 aliphatic carbocycles. The van der Waals surface area contributed by atoms with E-state index >= 15 is 0 Å². The predicted octanol–water partition coefficient (Wildman–Crippen LogP) is 4.24. The third-order valence-corrected chi connectivity index (χ3v) is 9.04. The molecule has 3 heterocycles. The Bertz CT molecular complexity index is 1270. The Morgan fingerprint density at radius 2 is 1.79 bits per heavy atom. The van der Waals surface area contributed by atoms with Crippen LogP contribution in [0, 0.1) is 5.92 Å². The molecule has 1 aromatic carbocycles. The van der Waals surface area contributed by atoms with E-state index in [0.29, 0.717) is 49.3 Å². The van der Waals surface area contributed by atoms with Gasteiger partial charge < -0.3 is 19.4 Å². The number of imidazole rings is 1. The molecule has 0 atom stereocenters. The quantitative estimate of drug-likeness (QED) is 0.533. The molecule has 4 rings (SSSR count). The molecule has 2 saturated heterocycles. The number of piperidine rings is 1. The fourth-order valence-corrected chi connectivity index (χ4v) is 6.43. The number of benzene rings is 1. The molecule has 218 valence electrons. The molecule has 0 bridgehead atoms. The second-order valence-electron chi connectivity index (χ2n) is 11.5. The van der Waals surface area contributed by atoms with E-state index in [2.05, 4.69) is 10.3 Å². The van der Waals surface area contributed by atoms with Gasteiger partial charge in [0, 0.05) is 52.9 Å². The fraction of sp³-hybridized carbons (Fsp3) is 0.692. The number of hydrogen-bond acceptors (Lipinski definition) is 6. The molecule has 13 heteroatoms. The van der Waals surface area contributed by atoms with Crippen LogP contribution in [0.5, 0.6) is 0 Å². The topological polar surface area (TPSA) is 106 Å². The summed E-state index contributed by atoms with van der Waals surface area (Å²) < 4.78 is 70.7. The summed E-state index contributed by atoms with van der Waals surface area (Å²) in [6.07, 6.45) is 1.94. The van der Waals surface area contributed by atoms with Crippen LogP contribution in [0.15, 0.2) is 18.2 Å². The zero-order valence-corrected chi connectivity index (χ0v) is 24.1. The van der Waals surface area contributed by atoms with Crippen molar-refractivity contribution in [3.8, 4) is 0 Å². The van der Waals surface area contributed by atoms with Crippen LogP contribution in [0.1, 0.15) is 59.2 Å². The summed E-state index contributed by atoms with van der Waals surface area (Å²) in [6.45, 7) is 8.22. The number of ether oxygens (including phenoxy) is 2. The van der Waals surface area contributed by atoms with Gasteiger partial charge >= 0.3 is 22.2 Å². The van der Waals surface area contributed by atoms with Crippen LogP contribution < -0.4 is 9.62 Å². The van der Waals surface area contributed by atoms with Crippen LogP contribution in [0.25, 0.3) is 11.0 Å². The summed E-state index contributed by atoms with van der Waals surface area (Å²) in [4.78, 5) is 16.3. The minimum Gasteiger partial charge on any atom is -0.444 e. The standard InChI is InChI=1S/C26H39F2N5O5S/c1-25(2,3)38-24(34)29-19-8-12-32(13-9-19)39(35,36)31(5)20-6-7-22-21(16-20)30-23(26(4,27)28)33(22)17-18-10-14-37-15-11-18/h6-7,16,18-19H,8-15,17H2,1-5H3,(H,29,34). The molecule has 39 heavy (non-hydrogen) atoms. The van der Waals surface area contributed by atoms with Crippen molar-refractivity contribution in [2.75, 3.05) is 37.7 Å². The second-order valence-corrected chi connectivity index (χ2v) is 13.4. The van der Waals surface area contributed by atoms with E-state index < -0.39 is 27.8 Å². The van der Waals surface area contributed by atoms with Crippen molar-refractivity contribution in [2.45, 2.75) is 77.5 Å². The van der Waals surface area contributed by atoms with E-state index in [0.717, 1.165) is 24.1 Å². The van der Waals surface area contributed by atoms with E-state index in [4.69, 9.17) is 9.47 Å². The molecule has 2 aliphatic rings. The average molecular weight is 572 g/mol. The Morgan fingerprint density at radius 1 is 1.15 bits per heavy atom. The van der Waals surface area contributed by atoms with Crippen molar-refractivity contribution in [3.63, 3.8) is 0 Å². The second kappa shape index (κ2) is 11.2. The van der Waals surface area contributed by atoms with Gasteiger partial charge in [-0.2, -0.15) is 21.5 Å². The lowest BCUT2D eigenvalue weighted by Gasteiger charge is -2.34. The SMILES string of the molecule is CN(c1ccc2c(c1)nc(C(C)(F)F)n2CC1CCOCC1)S(=O)(=O)N1CCC(NC(=O)OC(C)(C)C)CC1. The third-order valence-electron chi connectivity index (χ3n) is 7.12. The molecule has 0 saturated carbocycles. The number of carbonyl (C=O) groups excluding carboxylic acids is 1. The van der Waals surface area contributed by atoms with Gasteiger partial charge in [-0.3, -0.25) is 4.31 Å². The van der Waals surface area contributed by atoms with Gasteiger partial charge in [0.05, 0.1) is 16.7 Å². The molecular formula is C26H39F2N5O5S. The molecule has 2 aliphatic heterocycles. The van der Waals surface area contributed by atoms with E-state index in [9.17, 15) is 22.0 Å². The predicted molar refractivity (Wildman–Crippen MR) is 144 cm³/mol. The number of hydrogen-bond donors (Lipinski definition) is 1. The van der Waals surface area contributed by atoms with Gasteiger partial charge in [0.15, 0.2) is 5.82 Å². The van der Waals surface area contributed by atoms with E-state index in [-0.39, 0.29) is 30.9 Å². The van der Waals surface area contributed by atoms with Gasteiger partial charge in [0.25, 0.3) is 0 Å². The Hall–Kier alpha value is -2.51. The van der Waals surface area contributed by atoms with Gasteiger partial charge in [0.1, 0.15) is 5.60 Å². The van der Waals surface area contributed by atoms with Crippen LogP contribution in [0.2, 0.25) is 0 Å². The van der Waals surface area contributed by atoms with Gasteiger partial charge in [-0.1, -0.05) is 0 Å². The lowest BCUT2D eigenvalue weighted by Crippen LogP contribution is -2.50. The minimum atomic E-state index is -3.89. The van der Waals surface area contributed by atoms with Gasteiger partial charge in [-0.25, -0.2) is 9.78 Å². The number of amides is 1. The zero-order valence-electron chi connectivity index (χ0n) is 23.2. The zero-order chi connectivity index (χ0) is 28.6. The van der Waals surface area contributed by atoms with Gasteiger partial charge in [-0.05, 0) is 70.6 Å². The Labute approximate surface area is 228 Å². The van der Waals surface area contributed by atoms with Crippen LogP contribution in [0.3, 0.4) is 0 Å². The maximum atomic E-state index is 14.5. The monoisotopic (exact) mass is 571 g/mol. The maximum Gasteiger partial charge on any atom is 0.407 e. The van der Waals surface area contributed by atoms with Crippen LogP contribution in [-0.4, -0.2) is 73.4 Å². The fourth-order valence-electron chi connectivity index (χ4n) is 5.03. The number of rotatable bonds is 7. The molecule has 0 radical (unpaired) electrons. The highest BCUT2D eigenvalue weighted by molar-refractivity contribution is 7.90. The lowest BCUT2D eigenvalue weighted by atomic mass is 10.00. The first-order valence-electron chi connectivity index (χ1n) is 13.3. The van der Waals surface area contributed by atoms with Crippen molar-refractivity contribution in [1.82, 2.24) is 19.2 Å². The molecule has 10 nitrogen and oxygen atoms in total. The van der Waals surface area contributed by atoms with E-state index in [1.165, 1.54) is 11.4 Å². The molecule has 2 aromatic rings. The molecule has 1 N–H and O–H groups in total. The van der Waals surface area contributed by atoms with Crippen molar-refractivity contribution < 1.29 is 31.5 Å². The van der Waals surface area contributed by atoms with E-state index in [1.54, 1.807) is 43.5 Å². The van der Waals surface area contributed by atoms with Crippen molar-refractivity contribution >= 4 is 33.0 Å². The Balaban J connectivity index is 1.49.